The maximum absolute atomic E-state index is 8.42. The van der Waals surface area contributed by atoms with Crippen LogP contribution in [0, 0.1) is 11.3 Å². The summed E-state index contributed by atoms with van der Waals surface area (Å²) in [7, 11) is 0. The molecule has 50 valence electrons. The van der Waals surface area contributed by atoms with Crippen molar-refractivity contribution in [2.75, 3.05) is 5.73 Å². The van der Waals surface area contributed by atoms with Gasteiger partial charge in [-0.1, -0.05) is 0 Å². The van der Waals surface area contributed by atoms with Crippen molar-refractivity contribution in [2.45, 2.75) is 4.90 Å². The largest absolute Gasteiger partial charge is 1.00 e. The SMILES string of the molecule is N#Cc1ccc(S)c(N)c1.[Na+]. The molecule has 1 rings (SSSR count). The molecule has 4 heteroatoms. The molecule has 0 saturated carbocycles. The first-order valence-electron chi connectivity index (χ1n) is 2.72. The van der Waals surface area contributed by atoms with E-state index in [0.717, 1.165) is 0 Å². The molecular formula is C7H6N2NaS+. The number of nitrogens with two attached hydrogens (primary N) is 1. The van der Waals surface area contributed by atoms with E-state index in [1.165, 1.54) is 0 Å². The number of hydrogen-bond acceptors (Lipinski definition) is 3. The Balaban J connectivity index is 0.000001000. The summed E-state index contributed by atoms with van der Waals surface area (Å²) in [6.07, 6.45) is 0. The number of nitrogens with zero attached hydrogens (tertiary/aromatic N) is 1. The zero-order valence-electron chi connectivity index (χ0n) is 6.20. The van der Waals surface area contributed by atoms with Gasteiger partial charge in [0.05, 0.1) is 11.6 Å². The molecule has 0 aliphatic carbocycles. The molecule has 11 heavy (non-hydrogen) atoms. The molecule has 2 N–H and O–H groups in total. The van der Waals surface area contributed by atoms with Crippen molar-refractivity contribution in [3.8, 4) is 6.07 Å². The standard InChI is InChI=1S/C7H6N2S.Na/c8-4-5-1-2-7(10)6(9)3-5;/h1-3,10H,9H2;/q;+1. The normalized spacial score (nSPS) is 8.00. The predicted molar refractivity (Wildman–Crippen MR) is 42.8 cm³/mol. The fourth-order valence-corrected chi connectivity index (χ4v) is 0.763. The van der Waals surface area contributed by atoms with Gasteiger partial charge in [-0.15, -0.1) is 12.6 Å². The molecule has 0 bridgehead atoms. The maximum Gasteiger partial charge on any atom is 1.00 e. The minimum atomic E-state index is 0. The monoisotopic (exact) mass is 173 g/mol. The van der Waals surface area contributed by atoms with E-state index in [-0.39, 0.29) is 29.6 Å². The fraction of sp³-hybridized carbons (Fsp3) is 0. The van der Waals surface area contributed by atoms with Gasteiger partial charge in [0, 0.05) is 10.6 Å². The van der Waals surface area contributed by atoms with Crippen LogP contribution in [0.1, 0.15) is 5.56 Å². The minimum Gasteiger partial charge on any atom is -0.398 e. The average molecular weight is 173 g/mol. The van der Waals surface area contributed by atoms with Gasteiger partial charge in [-0.2, -0.15) is 5.26 Å². The summed E-state index contributed by atoms with van der Waals surface area (Å²) in [5, 5.41) is 8.42. The molecular weight excluding hydrogens is 167 g/mol. The van der Waals surface area contributed by atoms with Crippen molar-refractivity contribution in [1.29, 1.82) is 5.26 Å². The molecule has 0 amide bonds. The van der Waals surface area contributed by atoms with Gasteiger partial charge in [0.15, 0.2) is 0 Å². The van der Waals surface area contributed by atoms with E-state index in [0.29, 0.717) is 16.1 Å². The first-order chi connectivity index (χ1) is 4.74. The topological polar surface area (TPSA) is 49.8 Å². The molecule has 0 aliphatic heterocycles. The van der Waals surface area contributed by atoms with Crippen LogP contribution in [-0.2, 0) is 0 Å². The fourth-order valence-electron chi connectivity index (χ4n) is 0.624. The average Bonchev–Trinajstić information content (AvgIpc) is 1.95. The summed E-state index contributed by atoms with van der Waals surface area (Å²) in [6.45, 7) is 0. The van der Waals surface area contributed by atoms with Crippen LogP contribution in [0.5, 0.6) is 0 Å². The summed E-state index contributed by atoms with van der Waals surface area (Å²) in [4.78, 5) is 0.707. The molecule has 0 heterocycles. The molecule has 1 aromatic carbocycles. The molecule has 0 spiro atoms. The number of hydrogen-bond donors (Lipinski definition) is 2. The molecule has 0 atom stereocenters. The van der Waals surface area contributed by atoms with E-state index in [2.05, 4.69) is 12.6 Å². The Morgan fingerprint density at radius 2 is 2.09 bits per heavy atom. The van der Waals surface area contributed by atoms with Crippen molar-refractivity contribution in [2.24, 2.45) is 0 Å². The van der Waals surface area contributed by atoms with Crippen LogP contribution in [0.15, 0.2) is 23.1 Å². The van der Waals surface area contributed by atoms with Crippen LogP contribution >= 0.6 is 12.6 Å². The second-order valence-corrected chi connectivity index (χ2v) is 2.37. The van der Waals surface area contributed by atoms with Crippen molar-refractivity contribution < 1.29 is 29.6 Å². The smallest absolute Gasteiger partial charge is 0.398 e. The first kappa shape index (κ1) is 10.9. The van der Waals surface area contributed by atoms with E-state index in [1.807, 2.05) is 6.07 Å². The van der Waals surface area contributed by atoms with Crippen LogP contribution in [-0.4, -0.2) is 0 Å². The molecule has 0 fully saturated rings. The van der Waals surface area contributed by atoms with Gasteiger partial charge in [0.1, 0.15) is 0 Å². The number of thiol groups is 1. The second kappa shape index (κ2) is 4.68. The number of nitrogen functional groups attached to an aromatic ring is 1. The van der Waals surface area contributed by atoms with Crippen LogP contribution in [0.4, 0.5) is 5.69 Å². The zero-order chi connectivity index (χ0) is 7.56. The second-order valence-electron chi connectivity index (χ2n) is 1.89. The van der Waals surface area contributed by atoms with Gasteiger partial charge in [0.25, 0.3) is 0 Å². The molecule has 0 aliphatic rings. The van der Waals surface area contributed by atoms with E-state index in [1.54, 1.807) is 18.2 Å². The Hall–Kier alpha value is -0.140. The third kappa shape index (κ3) is 2.76. The van der Waals surface area contributed by atoms with Gasteiger partial charge in [-0.25, -0.2) is 0 Å². The van der Waals surface area contributed by atoms with E-state index in [4.69, 9.17) is 11.0 Å². The number of nitriles is 1. The molecule has 0 aromatic heterocycles. The number of anilines is 1. The Bertz CT molecular complexity index is 293. The summed E-state index contributed by atoms with van der Waals surface area (Å²) in [5.74, 6) is 0. The summed E-state index contributed by atoms with van der Waals surface area (Å²) in [6, 6.07) is 6.97. The van der Waals surface area contributed by atoms with Crippen molar-refractivity contribution >= 4 is 18.3 Å². The van der Waals surface area contributed by atoms with Gasteiger partial charge in [-0.3, -0.25) is 0 Å². The predicted octanol–water partition coefficient (Wildman–Crippen LogP) is -1.57. The van der Waals surface area contributed by atoms with Crippen LogP contribution in [0.25, 0.3) is 0 Å². The Morgan fingerprint density at radius 1 is 1.45 bits per heavy atom. The zero-order valence-corrected chi connectivity index (χ0v) is 9.10. The van der Waals surface area contributed by atoms with Crippen LogP contribution < -0.4 is 35.3 Å². The van der Waals surface area contributed by atoms with Gasteiger partial charge < -0.3 is 5.73 Å². The number of rotatable bonds is 0. The molecule has 2 nitrogen and oxygen atoms in total. The summed E-state index contributed by atoms with van der Waals surface area (Å²) >= 11 is 4.05. The minimum absolute atomic E-state index is 0. The third-order valence-electron chi connectivity index (χ3n) is 1.16. The first-order valence-corrected chi connectivity index (χ1v) is 3.17. The molecule has 1 aromatic rings. The van der Waals surface area contributed by atoms with Crippen LogP contribution in [0.2, 0.25) is 0 Å². The van der Waals surface area contributed by atoms with E-state index in [9.17, 15) is 0 Å². The maximum atomic E-state index is 8.42. The van der Waals surface area contributed by atoms with Crippen LogP contribution in [0.3, 0.4) is 0 Å². The van der Waals surface area contributed by atoms with Gasteiger partial charge in [0.2, 0.25) is 0 Å². The summed E-state index contributed by atoms with van der Waals surface area (Å²) < 4.78 is 0. The van der Waals surface area contributed by atoms with Gasteiger partial charge in [-0.05, 0) is 18.2 Å². The molecule has 0 radical (unpaired) electrons. The van der Waals surface area contributed by atoms with Crippen molar-refractivity contribution in [1.82, 2.24) is 0 Å². The molecule has 0 unspecified atom stereocenters. The van der Waals surface area contributed by atoms with E-state index < -0.39 is 0 Å². The van der Waals surface area contributed by atoms with Crippen molar-refractivity contribution in [3.05, 3.63) is 23.8 Å². The van der Waals surface area contributed by atoms with Crippen molar-refractivity contribution in [3.63, 3.8) is 0 Å². The Labute approximate surface area is 93.1 Å². The Kier molecular flexibility index (Phi) is 4.62. The van der Waals surface area contributed by atoms with Gasteiger partial charge >= 0.3 is 29.6 Å². The Morgan fingerprint density at radius 3 is 2.55 bits per heavy atom. The molecule has 0 saturated heterocycles. The summed E-state index contributed by atoms with van der Waals surface area (Å²) in [5.41, 5.74) is 6.58. The number of benzene rings is 1. The van der Waals surface area contributed by atoms with E-state index >= 15 is 0 Å². The quantitative estimate of drug-likeness (QED) is 0.283. The third-order valence-corrected chi connectivity index (χ3v) is 1.56.